The lowest BCUT2D eigenvalue weighted by atomic mass is 9.97. The van der Waals surface area contributed by atoms with Crippen molar-refractivity contribution in [3.05, 3.63) is 34.9 Å². The van der Waals surface area contributed by atoms with Crippen molar-refractivity contribution < 1.29 is 4.79 Å². The van der Waals surface area contributed by atoms with Crippen molar-refractivity contribution in [3.8, 4) is 0 Å². The van der Waals surface area contributed by atoms with Crippen LogP contribution in [0.3, 0.4) is 0 Å². The Hall–Kier alpha value is -1.06. The second-order valence-corrected chi connectivity index (χ2v) is 5.78. The van der Waals surface area contributed by atoms with E-state index < -0.39 is 5.54 Å². The van der Waals surface area contributed by atoms with E-state index in [1.807, 2.05) is 31.2 Å². The first-order valence-electron chi connectivity index (χ1n) is 6.86. The molecule has 2 N–H and O–H groups in total. The lowest BCUT2D eigenvalue weighted by Gasteiger charge is -2.27. The lowest BCUT2D eigenvalue weighted by molar-refractivity contribution is -0.127. The number of halogens is 1. The van der Waals surface area contributed by atoms with Gasteiger partial charge >= 0.3 is 0 Å². The summed E-state index contributed by atoms with van der Waals surface area (Å²) in [4.78, 5) is 12.4. The zero-order valence-corrected chi connectivity index (χ0v) is 12.3. The number of hydrogen-bond acceptors (Lipinski definition) is 2. The summed E-state index contributed by atoms with van der Waals surface area (Å²) in [5, 5.41) is 7.15. The maximum absolute atomic E-state index is 12.4. The molecule has 1 fully saturated rings. The van der Waals surface area contributed by atoms with E-state index in [2.05, 4.69) is 17.6 Å². The monoisotopic (exact) mass is 280 g/mol. The Balaban J connectivity index is 2.06. The number of carbonyl (C=O) groups is 1. The molecule has 1 amide bonds. The Morgan fingerprint density at radius 1 is 1.47 bits per heavy atom. The minimum Gasteiger partial charge on any atom is -0.348 e. The summed E-state index contributed by atoms with van der Waals surface area (Å²) >= 11 is 5.89. The summed E-state index contributed by atoms with van der Waals surface area (Å²) in [6, 6.07) is 7.72. The molecular weight excluding hydrogens is 260 g/mol. The third-order valence-corrected chi connectivity index (χ3v) is 4.11. The van der Waals surface area contributed by atoms with Gasteiger partial charge in [0.05, 0.1) is 11.6 Å². The highest BCUT2D eigenvalue weighted by Crippen LogP contribution is 2.23. The fourth-order valence-corrected chi connectivity index (χ4v) is 2.65. The van der Waals surface area contributed by atoms with Gasteiger partial charge in [-0.25, -0.2) is 0 Å². The molecule has 0 radical (unpaired) electrons. The molecule has 0 aliphatic carbocycles. The molecule has 0 saturated carbocycles. The van der Waals surface area contributed by atoms with Gasteiger partial charge in [-0.1, -0.05) is 30.7 Å². The van der Waals surface area contributed by atoms with Crippen LogP contribution in [-0.4, -0.2) is 18.0 Å². The summed E-state index contributed by atoms with van der Waals surface area (Å²) in [6.45, 7) is 4.97. The minimum atomic E-state index is -0.417. The van der Waals surface area contributed by atoms with Gasteiger partial charge in [0.1, 0.15) is 0 Å². The van der Waals surface area contributed by atoms with Crippen LogP contribution in [0.1, 0.15) is 44.7 Å². The van der Waals surface area contributed by atoms with Crippen LogP contribution in [-0.2, 0) is 4.79 Å². The van der Waals surface area contributed by atoms with E-state index in [0.717, 1.165) is 31.4 Å². The SMILES string of the molecule is CCC(NC(=O)C1(C)CCCN1)c1ccc(Cl)cc1. The average molecular weight is 281 g/mol. The summed E-state index contributed by atoms with van der Waals surface area (Å²) in [5.41, 5.74) is 0.682. The van der Waals surface area contributed by atoms with Gasteiger partial charge in [0, 0.05) is 5.02 Å². The first-order valence-corrected chi connectivity index (χ1v) is 7.24. The van der Waals surface area contributed by atoms with E-state index >= 15 is 0 Å². The molecule has 2 unspecified atom stereocenters. The average Bonchev–Trinajstić information content (AvgIpc) is 2.85. The van der Waals surface area contributed by atoms with Crippen molar-refractivity contribution in [1.29, 1.82) is 0 Å². The first kappa shape index (κ1) is 14.4. The smallest absolute Gasteiger partial charge is 0.240 e. The van der Waals surface area contributed by atoms with Gasteiger partial charge in [-0.3, -0.25) is 4.79 Å². The molecular formula is C15H21ClN2O. The van der Waals surface area contributed by atoms with Crippen molar-refractivity contribution in [2.75, 3.05) is 6.54 Å². The Bertz CT molecular complexity index is 438. The van der Waals surface area contributed by atoms with Crippen LogP contribution in [0.4, 0.5) is 0 Å². The van der Waals surface area contributed by atoms with E-state index in [4.69, 9.17) is 11.6 Å². The maximum Gasteiger partial charge on any atom is 0.240 e. The van der Waals surface area contributed by atoms with Crippen molar-refractivity contribution >= 4 is 17.5 Å². The molecule has 0 spiro atoms. The molecule has 3 nitrogen and oxygen atoms in total. The topological polar surface area (TPSA) is 41.1 Å². The van der Waals surface area contributed by atoms with Gasteiger partial charge in [-0.05, 0) is 50.4 Å². The zero-order chi connectivity index (χ0) is 13.9. The highest BCUT2D eigenvalue weighted by molar-refractivity contribution is 6.30. The Labute approximate surface area is 119 Å². The molecule has 4 heteroatoms. The van der Waals surface area contributed by atoms with Gasteiger partial charge in [0.2, 0.25) is 5.91 Å². The molecule has 0 bridgehead atoms. The molecule has 1 saturated heterocycles. The second kappa shape index (κ2) is 5.93. The second-order valence-electron chi connectivity index (χ2n) is 5.35. The van der Waals surface area contributed by atoms with Crippen LogP contribution >= 0.6 is 11.6 Å². The van der Waals surface area contributed by atoms with Crippen LogP contribution in [0.2, 0.25) is 5.02 Å². The van der Waals surface area contributed by atoms with Crippen molar-refractivity contribution in [2.24, 2.45) is 0 Å². The van der Waals surface area contributed by atoms with Crippen molar-refractivity contribution in [2.45, 2.75) is 44.7 Å². The van der Waals surface area contributed by atoms with Gasteiger partial charge in [0.15, 0.2) is 0 Å². The zero-order valence-electron chi connectivity index (χ0n) is 11.5. The van der Waals surface area contributed by atoms with Crippen LogP contribution < -0.4 is 10.6 Å². The number of nitrogens with one attached hydrogen (secondary N) is 2. The molecule has 1 aliphatic rings. The Morgan fingerprint density at radius 3 is 2.68 bits per heavy atom. The number of benzene rings is 1. The molecule has 2 atom stereocenters. The number of carbonyl (C=O) groups excluding carboxylic acids is 1. The summed E-state index contributed by atoms with van der Waals surface area (Å²) in [6.07, 6.45) is 2.82. The molecule has 0 aromatic heterocycles. The molecule has 19 heavy (non-hydrogen) atoms. The lowest BCUT2D eigenvalue weighted by Crippen LogP contribution is -2.51. The fourth-order valence-electron chi connectivity index (χ4n) is 2.52. The summed E-state index contributed by atoms with van der Waals surface area (Å²) < 4.78 is 0. The van der Waals surface area contributed by atoms with Gasteiger partial charge in [-0.2, -0.15) is 0 Å². The number of rotatable bonds is 4. The van der Waals surface area contributed by atoms with Crippen LogP contribution in [0.5, 0.6) is 0 Å². The Morgan fingerprint density at radius 2 is 2.16 bits per heavy atom. The Kier molecular flexibility index (Phi) is 4.48. The fraction of sp³-hybridized carbons (Fsp3) is 0.533. The third kappa shape index (κ3) is 3.28. The van der Waals surface area contributed by atoms with Gasteiger partial charge < -0.3 is 10.6 Å². The summed E-state index contributed by atoms with van der Waals surface area (Å²) in [7, 11) is 0. The van der Waals surface area contributed by atoms with E-state index in [9.17, 15) is 4.79 Å². The first-order chi connectivity index (χ1) is 9.05. The van der Waals surface area contributed by atoms with E-state index in [0.29, 0.717) is 5.02 Å². The van der Waals surface area contributed by atoms with E-state index in [1.165, 1.54) is 0 Å². The van der Waals surface area contributed by atoms with Crippen molar-refractivity contribution in [3.63, 3.8) is 0 Å². The van der Waals surface area contributed by atoms with Gasteiger partial charge in [0.25, 0.3) is 0 Å². The molecule has 1 aromatic carbocycles. The molecule has 1 aliphatic heterocycles. The minimum absolute atomic E-state index is 0.0454. The normalized spacial score (nSPS) is 24.2. The molecule has 104 valence electrons. The number of amides is 1. The third-order valence-electron chi connectivity index (χ3n) is 3.86. The van der Waals surface area contributed by atoms with Gasteiger partial charge in [-0.15, -0.1) is 0 Å². The van der Waals surface area contributed by atoms with Crippen LogP contribution in [0, 0.1) is 0 Å². The predicted molar refractivity (Wildman–Crippen MR) is 78.3 cm³/mol. The highest BCUT2D eigenvalue weighted by Gasteiger charge is 2.36. The van der Waals surface area contributed by atoms with Crippen molar-refractivity contribution in [1.82, 2.24) is 10.6 Å². The summed E-state index contributed by atoms with van der Waals surface area (Å²) in [5.74, 6) is 0.0896. The standard InChI is InChI=1S/C15H21ClN2O/c1-3-13(11-5-7-12(16)8-6-11)18-14(19)15(2)9-4-10-17-15/h5-8,13,17H,3-4,9-10H2,1-2H3,(H,18,19). The quantitative estimate of drug-likeness (QED) is 0.890. The molecule has 2 rings (SSSR count). The highest BCUT2D eigenvalue weighted by atomic mass is 35.5. The van der Waals surface area contributed by atoms with E-state index in [1.54, 1.807) is 0 Å². The maximum atomic E-state index is 12.4. The van der Waals surface area contributed by atoms with E-state index in [-0.39, 0.29) is 11.9 Å². The number of hydrogen-bond donors (Lipinski definition) is 2. The van der Waals surface area contributed by atoms with Crippen LogP contribution in [0.15, 0.2) is 24.3 Å². The van der Waals surface area contributed by atoms with Crippen LogP contribution in [0.25, 0.3) is 0 Å². The predicted octanol–water partition coefficient (Wildman–Crippen LogP) is 3.05. The molecule has 1 aromatic rings. The largest absolute Gasteiger partial charge is 0.348 e. The molecule has 1 heterocycles.